The van der Waals surface area contributed by atoms with E-state index in [1.807, 2.05) is 0 Å². The molecular weight excluding hydrogens is 136 g/mol. The number of rotatable bonds is 2. The molecule has 1 rings (SSSR count). The van der Waals surface area contributed by atoms with Gasteiger partial charge < -0.3 is 4.42 Å². The third kappa shape index (κ3) is 1.02. The van der Waals surface area contributed by atoms with Gasteiger partial charge in [-0.05, 0) is 6.07 Å². The van der Waals surface area contributed by atoms with Crippen molar-refractivity contribution in [2.45, 2.75) is 0 Å². The molecule has 0 bridgehead atoms. The number of hydrogen-bond acceptors (Lipinski definition) is 3. The first kappa shape index (κ1) is 6.47. The molecule has 5 nitrogen and oxygen atoms in total. The second-order valence-corrected chi connectivity index (χ2v) is 1.56. The highest BCUT2D eigenvalue weighted by Crippen LogP contribution is 2.12. The van der Waals surface area contributed by atoms with Crippen LogP contribution in [0.25, 0.3) is 0 Å². The standard InChI is InChI=1S/C5H3N2O3/c6-3-4-1-2-5(10-4)7(8)9/h1-3H. The van der Waals surface area contributed by atoms with Crippen LogP contribution in [0.5, 0.6) is 0 Å². The summed E-state index contributed by atoms with van der Waals surface area (Å²) in [5.41, 5.74) is 0. The van der Waals surface area contributed by atoms with Crippen LogP contribution in [0.15, 0.2) is 16.5 Å². The third-order valence-corrected chi connectivity index (χ3v) is 0.920. The Morgan fingerprint density at radius 1 is 1.70 bits per heavy atom. The minimum absolute atomic E-state index is 0.0756. The van der Waals surface area contributed by atoms with Crippen LogP contribution < -0.4 is 5.41 Å². The maximum Gasteiger partial charge on any atom is 0.433 e. The molecule has 1 aromatic rings. The zero-order valence-electron chi connectivity index (χ0n) is 4.85. The molecule has 1 heterocycles. The molecule has 0 spiro atoms. The minimum Gasteiger partial charge on any atom is -0.400 e. The maximum absolute atomic E-state index is 9.95. The van der Waals surface area contributed by atoms with Gasteiger partial charge in [0.15, 0.2) is 5.76 Å². The highest BCUT2D eigenvalue weighted by Gasteiger charge is 2.09. The van der Waals surface area contributed by atoms with E-state index >= 15 is 0 Å². The van der Waals surface area contributed by atoms with Crippen LogP contribution in [0.1, 0.15) is 5.76 Å². The Hall–Kier alpha value is -1.65. The van der Waals surface area contributed by atoms with Crippen molar-refractivity contribution in [1.82, 2.24) is 5.41 Å². The largest absolute Gasteiger partial charge is 0.433 e. The summed E-state index contributed by atoms with van der Waals surface area (Å²) in [6.07, 6.45) is 0.660. The smallest absolute Gasteiger partial charge is 0.400 e. The maximum atomic E-state index is 9.95. The molecule has 0 aliphatic rings. The summed E-state index contributed by atoms with van der Waals surface area (Å²) in [4.78, 5) is 9.27. The molecule has 0 saturated carbocycles. The average Bonchev–Trinajstić information content (AvgIpc) is 2.34. The van der Waals surface area contributed by atoms with Crippen molar-refractivity contribution in [3.05, 3.63) is 28.0 Å². The van der Waals surface area contributed by atoms with Crippen LogP contribution in [-0.4, -0.2) is 11.1 Å². The SMILES string of the molecule is [N]=Cc1ccc([N+](=O)[O-])o1. The van der Waals surface area contributed by atoms with Crippen molar-refractivity contribution >= 4 is 12.1 Å². The average molecular weight is 139 g/mol. The molecule has 0 saturated heterocycles. The van der Waals surface area contributed by atoms with E-state index in [2.05, 4.69) is 4.42 Å². The highest BCUT2D eigenvalue weighted by molar-refractivity contribution is 5.74. The summed E-state index contributed by atoms with van der Waals surface area (Å²) in [5.74, 6) is -0.299. The van der Waals surface area contributed by atoms with E-state index in [4.69, 9.17) is 5.41 Å². The lowest BCUT2D eigenvalue weighted by Gasteiger charge is -1.79. The van der Waals surface area contributed by atoms with Gasteiger partial charge in [0.05, 0.1) is 12.3 Å². The van der Waals surface area contributed by atoms with Crippen molar-refractivity contribution in [3.8, 4) is 0 Å². The van der Waals surface area contributed by atoms with Crippen LogP contribution >= 0.6 is 0 Å². The molecule has 0 atom stereocenters. The Bertz CT molecular complexity index is 266. The second kappa shape index (κ2) is 2.30. The summed E-state index contributed by atoms with van der Waals surface area (Å²) in [6.45, 7) is 0. The van der Waals surface area contributed by atoms with Crippen molar-refractivity contribution in [1.29, 1.82) is 0 Å². The molecule has 51 valence electrons. The van der Waals surface area contributed by atoms with Gasteiger partial charge in [-0.15, -0.1) is 0 Å². The van der Waals surface area contributed by atoms with Crippen LogP contribution in [0.2, 0.25) is 0 Å². The Morgan fingerprint density at radius 2 is 2.40 bits per heavy atom. The van der Waals surface area contributed by atoms with E-state index in [9.17, 15) is 10.1 Å². The molecule has 0 N–H and O–H groups in total. The van der Waals surface area contributed by atoms with Crippen molar-refractivity contribution < 1.29 is 9.34 Å². The zero-order chi connectivity index (χ0) is 7.56. The van der Waals surface area contributed by atoms with Gasteiger partial charge in [0.25, 0.3) is 0 Å². The molecule has 10 heavy (non-hydrogen) atoms. The van der Waals surface area contributed by atoms with Gasteiger partial charge >= 0.3 is 5.88 Å². The summed E-state index contributed by atoms with van der Waals surface area (Å²) in [5, 5.41) is 18.2. The molecule has 5 heteroatoms. The van der Waals surface area contributed by atoms with E-state index in [0.29, 0.717) is 6.21 Å². The number of furan rings is 1. The van der Waals surface area contributed by atoms with Gasteiger partial charge in [0, 0.05) is 0 Å². The van der Waals surface area contributed by atoms with E-state index in [1.165, 1.54) is 12.1 Å². The van der Waals surface area contributed by atoms with E-state index in [0.717, 1.165) is 0 Å². The molecule has 1 aromatic heterocycles. The van der Waals surface area contributed by atoms with Gasteiger partial charge in [-0.1, -0.05) is 0 Å². The minimum atomic E-state index is -0.674. The second-order valence-electron chi connectivity index (χ2n) is 1.56. The first-order valence-corrected chi connectivity index (χ1v) is 2.45. The summed E-state index contributed by atoms with van der Waals surface area (Å²) in [6, 6.07) is 2.47. The molecule has 0 aliphatic carbocycles. The Labute approximate surface area is 55.9 Å². The fourth-order valence-corrected chi connectivity index (χ4v) is 0.510. The normalized spacial score (nSPS) is 9.20. The molecular formula is C5H3N2O3. The Balaban J connectivity index is 2.98. The topological polar surface area (TPSA) is 78.6 Å². The monoisotopic (exact) mass is 139 g/mol. The molecule has 0 fully saturated rings. The fourth-order valence-electron chi connectivity index (χ4n) is 0.510. The van der Waals surface area contributed by atoms with Gasteiger partial charge in [0.1, 0.15) is 4.92 Å². The quantitative estimate of drug-likeness (QED) is 0.338. The molecule has 1 radical (unpaired) electrons. The predicted octanol–water partition coefficient (Wildman–Crippen LogP) is 0.407. The fraction of sp³-hybridized carbons (Fsp3) is 0. The van der Waals surface area contributed by atoms with Gasteiger partial charge in [0.2, 0.25) is 0 Å². The van der Waals surface area contributed by atoms with E-state index in [1.54, 1.807) is 0 Å². The Kier molecular flexibility index (Phi) is 1.49. The lowest BCUT2D eigenvalue weighted by Crippen LogP contribution is -1.83. The first-order chi connectivity index (χ1) is 4.74. The molecule has 0 amide bonds. The van der Waals surface area contributed by atoms with Crippen molar-refractivity contribution in [3.63, 3.8) is 0 Å². The van der Waals surface area contributed by atoms with Gasteiger partial charge in [-0.2, -0.15) is 5.41 Å². The molecule has 0 aromatic carbocycles. The van der Waals surface area contributed by atoms with Crippen LogP contribution in [0, 0.1) is 10.1 Å². The lowest BCUT2D eigenvalue weighted by atomic mass is 10.5. The number of nitro groups is 1. The van der Waals surface area contributed by atoms with Crippen LogP contribution in [0.3, 0.4) is 0 Å². The highest BCUT2D eigenvalue weighted by atomic mass is 16.6. The summed E-state index contributed by atoms with van der Waals surface area (Å²) >= 11 is 0. The van der Waals surface area contributed by atoms with Crippen LogP contribution in [-0.2, 0) is 0 Å². The van der Waals surface area contributed by atoms with Crippen molar-refractivity contribution in [2.24, 2.45) is 0 Å². The number of hydrogen-bond donors (Lipinski definition) is 0. The lowest BCUT2D eigenvalue weighted by molar-refractivity contribution is -0.402. The molecule has 0 aliphatic heterocycles. The molecule has 0 unspecified atom stereocenters. The number of nitrogens with zero attached hydrogens (tertiary/aromatic N) is 2. The summed E-state index contributed by atoms with van der Waals surface area (Å²) < 4.78 is 4.49. The van der Waals surface area contributed by atoms with Gasteiger partial charge in [-0.25, -0.2) is 0 Å². The van der Waals surface area contributed by atoms with Gasteiger partial charge in [-0.3, -0.25) is 10.1 Å². The predicted molar refractivity (Wildman–Crippen MR) is 32.7 cm³/mol. The Morgan fingerprint density at radius 3 is 2.70 bits per heavy atom. The zero-order valence-corrected chi connectivity index (χ0v) is 4.85. The first-order valence-electron chi connectivity index (χ1n) is 2.45. The summed E-state index contributed by atoms with van der Waals surface area (Å²) in [7, 11) is 0. The van der Waals surface area contributed by atoms with Crippen LogP contribution in [0.4, 0.5) is 5.88 Å². The van der Waals surface area contributed by atoms with E-state index < -0.39 is 4.92 Å². The van der Waals surface area contributed by atoms with Crippen molar-refractivity contribution in [2.75, 3.05) is 0 Å². The van der Waals surface area contributed by atoms with E-state index in [-0.39, 0.29) is 11.6 Å². The third-order valence-electron chi connectivity index (χ3n) is 0.920.